The summed E-state index contributed by atoms with van der Waals surface area (Å²) in [4.78, 5) is 0. The molecule has 160 valence electrons. The molecule has 0 bridgehead atoms. The maximum atomic E-state index is 6.32. The maximum absolute atomic E-state index is 6.32. The van der Waals surface area contributed by atoms with E-state index in [-0.39, 0.29) is 0 Å². The second kappa shape index (κ2) is 9.73. The molecule has 0 radical (unpaired) electrons. The molecule has 3 aromatic carbocycles. The van der Waals surface area contributed by atoms with Gasteiger partial charge >= 0.3 is 0 Å². The van der Waals surface area contributed by atoms with E-state index in [1.54, 1.807) is 6.07 Å². The van der Waals surface area contributed by atoms with E-state index in [1.165, 1.54) is 0 Å². The van der Waals surface area contributed by atoms with E-state index in [0.29, 0.717) is 28.0 Å². The van der Waals surface area contributed by atoms with E-state index in [2.05, 4.69) is 40.7 Å². The Bertz CT molecular complexity index is 1270. The SMILES string of the molecule is CCCc1n[nH]c(=S)n1NCc1c(OCc2ccc(Cl)cc2Cl)ccc2ccccc12. The van der Waals surface area contributed by atoms with Crippen molar-refractivity contribution >= 4 is 46.2 Å². The average Bonchev–Trinajstić information content (AvgIpc) is 3.11. The lowest BCUT2D eigenvalue weighted by Crippen LogP contribution is -2.18. The predicted octanol–water partition coefficient (Wildman–Crippen LogP) is 6.68. The molecule has 0 atom stereocenters. The van der Waals surface area contributed by atoms with Crippen molar-refractivity contribution in [3.8, 4) is 5.75 Å². The summed E-state index contributed by atoms with van der Waals surface area (Å²) in [5.41, 5.74) is 5.32. The van der Waals surface area contributed by atoms with E-state index in [4.69, 9.17) is 40.2 Å². The third-order valence-electron chi connectivity index (χ3n) is 5.03. The summed E-state index contributed by atoms with van der Waals surface area (Å²) in [5, 5.41) is 10.6. The van der Waals surface area contributed by atoms with Crippen LogP contribution in [0.2, 0.25) is 10.0 Å². The van der Waals surface area contributed by atoms with Crippen LogP contribution in [-0.2, 0) is 19.6 Å². The molecule has 0 saturated heterocycles. The number of hydrogen-bond donors (Lipinski definition) is 2. The lowest BCUT2D eigenvalue weighted by atomic mass is 10.0. The molecule has 0 aliphatic carbocycles. The topological polar surface area (TPSA) is 54.9 Å². The molecule has 5 nitrogen and oxygen atoms in total. The van der Waals surface area contributed by atoms with Gasteiger partial charge in [-0.3, -0.25) is 5.10 Å². The first-order valence-corrected chi connectivity index (χ1v) is 11.2. The van der Waals surface area contributed by atoms with Crippen molar-refractivity contribution in [2.75, 3.05) is 5.43 Å². The van der Waals surface area contributed by atoms with E-state index in [9.17, 15) is 0 Å². The van der Waals surface area contributed by atoms with Crippen molar-refractivity contribution in [2.24, 2.45) is 0 Å². The fourth-order valence-corrected chi connectivity index (χ4v) is 4.15. The van der Waals surface area contributed by atoms with Crippen molar-refractivity contribution in [1.82, 2.24) is 14.9 Å². The van der Waals surface area contributed by atoms with E-state index in [1.807, 2.05) is 35.0 Å². The van der Waals surface area contributed by atoms with Crippen LogP contribution in [0.15, 0.2) is 54.6 Å². The first kappa shape index (κ1) is 21.7. The van der Waals surface area contributed by atoms with Crippen LogP contribution in [-0.4, -0.2) is 14.9 Å². The van der Waals surface area contributed by atoms with Gasteiger partial charge in [0.15, 0.2) is 5.82 Å². The number of aromatic nitrogens is 3. The maximum Gasteiger partial charge on any atom is 0.214 e. The standard InChI is InChI=1S/C23H22Cl2N4OS/c1-2-5-22-27-28-23(31)29(22)26-13-19-18-7-4-3-6-15(18)9-11-21(19)30-14-16-8-10-17(24)12-20(16)25/h3-4,6-12,26H,2,5,13-14H2,1H3,(H,28,31). The monoisotopic (exact) mass is 472 g/mol. The number of benzene rings is 3. The third-order valence-corrected chi connectivity index (χ3v) is 5.89. The number of fused-ring (bicyclic) bond motifs is 1. The molecule has 0 aliphatic rings. The van der Waals surface area contributed by atoms with Gasteiger partial charge in [0.2, 0.25) is 4.77 Å². The summed E-state index contributed by atoms with van der Waals surface area (Å²) in [7, 11) is 0. The number of nitrogens with one attached hydrogen (secondary N) is 2. The molecular weight excluding hydrogens is 451 g/mol. The first-order valence-electron chi connectivity index (χ1n) is 10.0. The largest absolute Gasteiger partial charge is 0.488 e. The van der Waals surface area contributed by atoms with Crippen LogP contribution in [0.25, 0.3) is 10.8 Å². The minimum Gasteiger partial charge on any atom is -0.488 e. The molecule has 0 amide bonds. The highest BCUT2D eigenvalue weighted by Crippen LogP contribution is 2.30. The van der Waals surface area contributed by atoms with E-state index >= 15 is 0 Å². The van der Waals surface area contributed by atoms with Crippen molar-refractivity contribution in [2.45, 2.75) is 32.9 Å². The van der Waals surface area contributed by atoms with Crippen molar-refractivity contribution in [3.05, 3.63) is 86.4 Å². The summed E-state index contributed by atoms with van der Waals surface area (Å²) in [5.74, 6) is 1.66. The van der Waals surface area contributed by atoms with Gasteiger partial charge in [0, 0.05) is 27.6 Å². The Balaban J connectivity index is 1.64. The number of hydrogen-bond acceptors (Lipinski definition) is 4. The number of nitrogens with zero attached hydrogens (tertiary/aromatic N) is 2. The highest BCUT2D eigenvalue weighted by atomic mass is 35.5. The van der Waals surface area contributed by atoms with Gasteiger partial charge in [-0.15, -0.1) is 0 Å². The quantitative estimate of drug-likeness (QED) is 0.281. The van der Waals surface area contributed by atoms with Crippen LogP contribution in [0, 0.1) is 4.77 Å². The van der Waals surface area contributed by atoms with Gasteiger partial charge in [-0.1, -0.05) is 66.5 Å². The molecule has 31 heavy (non-hydrogen) atoms. The molecule has 0 fully saturated rings. The molecule has 4 aromatic rings. The number of H-pyrrole nitrogens is 1. The summed E-state index contributed by atoms with van der Waals surface area (Å²) in [6, 6.07) is 17.7. The molecule has 1 heterocycles. The number of ether oxygens (including phenoxy) is 1. The summed E-state index contributed by atoms with van der Waals surface area (Å²) >= 11 is 17.7. The zero-order chi connectivity index (χ0) is 21.8. The zero-order valence-electron chi connectivity index (χ0n) is 17.0. The fraction of sp³-hybridized carbons (Fsp3) is 0.217. The number of halogens is 2. The summed E-state index contributed by atoms with van der Waals surface area (Å²) in [6.45, 7) is 2.98. The van der Waals surface area contributed by atoms with Crippen LogP contribution >= 0.6 is 35.4 Å². The number of aromatic amines is 1. The van der Waals surface area contributed by atoms with Crippen LogP contribution in [0.5, 0.6) is 5.75 Å². The lowest BCUT2D eigenvalue weighted by molar-refractivity contribution is 0.303. The Labute approximate surface area is 195 Å². The molecule has 4 rings (SSSR count). The van der Waals surface area contributed by atoms with Crippen molar-refractivity contribution in [3.63, 3.8) is 0 Å². The second-order valence-corrected chi connectivity index (χ2v) is 8.38. The molecule has 0 unspecified atom stereocenters. The number of aryl methyl sites for hydroxylation is 1. The van der Waals surface area contributed by atoms with Crippen molar-refractivity contribution < 1.29 is 4.74 Å². The number of rotatable bonds is 8. The predicted molar refractivity (Wildman–Crippen MR) is 129 cm³/mol. The zero-order valence-corrected chi connectivity index (χ0v) is 19.3. The first-order chi connectivity index (χ1) is 15.1. The normalized spacial score (nSPS) is 11.1. The van der Waals surface area contributed by atoms with Gasteiger partial charge in [0.1, 0.15) is 12.4 Å². The van der Waals surface area contributed by atoms with Gasteiger partial charge in [-0.25, -0.2) is 4.68 Å². The smallest absolute Gasteiger partial charge is 0.214 e. The van der Waals surface area contributed by atoms with Crippen LogP contribution in [0.4, 0.5) is 0 Å². The summed E-state index contributed by atoms with van der Waals surface area (Å²) < 4.78 is 8.58. The fourth-order valence-electron chi connectivity index (χ4n) is 3.47. The molecule has 8 heteroatoms. The highest BCUT2D eigenvalue weighted by molar-refractivity contribution is 7.71. The van der Waals surface area contributed by atoms with Gasteiger partial charge in [-0.2, -0.15) is 5.10 Å². The Morgan fingerprint density at radius 3 is 2.77 bits per heavy atom. The Morgan fingerprint density at radius 2 is 1.97 bits per heavy atom. The molecule has 2 N–H and O–H groups in total. The summed E-state index contributed by atoms with van der Waals surface area (Å²) in [6.07, 6.45) is 1.81. The Kier molecular flexibility index (Phi) is 6.80. The van der Waals surface area contributed by atoms with Crippen molar-refractivity contribution in [1.29, 1.82) is 0 Å². The average molecular weight is 473 g/mol. The van der Waals surface area contributed by atoms with Crippen LogP contribution in [0.1, 0.15) is 30.3 Å². The molecule has 0 aliphatic heterocycles. The molecule has 1 aromatic heterocycles. The Morgan fingerprint density at radius 1 is 1.13 bits per heavy atom. The molecule has 0 spiro atoms. The van der Waals surface area contributed by atoms with Gasteiger partial charge < -0.3 is 10.2 Å². The lowest BCUT2D eigenvalue weighted by Gasteiger charge is -2.17. The van der Waals surface area contributed by atoms with Gasteiger partial charge in [0.25, 0.3) is 0 Å². The Hall–Kier alpha value is -2.54. The van der Waals surface area contributed by atoms with Gasteiger partial charge in [0.05, 0.1) is 6.54 Å². The third kappa shape index (κ3) is 4.87. The van der Waals surface area contributed by atoms with Crippen LogP contribution < -0.4 is 10.2 Å². The minimum absolute atomic E-state index is 0.341. The van der Waals surface area contributed by atoms with Crippen LogP contribution in [0.3, 0.4) is 0 Å². The van der Waals surface area contributed by atoms with E-state index in [0.717, 1.165) is 46.3 Å². The van der Waals surface area contributed by atoms with Gasteiger partial charge in [-0.05, 0) is 47.6 Å². The van der Waals surface area contributed by atoms with E-state index < -0.39 is 0 Å². The molecular formula is C23H22Cl2N4OS. The minimum atomic E-state index is 0.341. The molecule has 0 saturated carbocycles. The second-order valence-electron chi connectivity index (χ2n) is 7.15. The highest BCUT2D eigenvalue weighted by Gasteiger charge is 2.12.